The summed E-state index contributed by atoms with van der Waals surface area (Å²) in [5.74, 6) is 0.695. The van der Waals surface area contributed by atoms with Gasteiger partial charge in [-0.2, -0.15) is 18.3 Å². The predicted octanol–water partition coefficient (Wildman–Crippen LogP) is 5.78. The number of anilines is 1. The number of hydrazone groups is 1. The van der Waals surface area contributed by atoms with Crippen LogP contribution in [0, 0.1) is 0 Å². The van der Waals surface area contributed by atoms with E-state index in [0.717, 1.165) is 17.2 Å². The molecular weight excluding hydrogens is 391 g/mol. The van der Waals surface area contributed by atoms with Gasteiger partial charge in [0.2, 0.25) is 0 Å². The van der Waals surface area contributed by atoms with Gasteiger partial charge in [-0.3, -0.25) is 5.43 Å². The van der Waals surface area contributed by atoms with E-state index in [9.17, 15) is 13.2 Å². The van der Waals surface area contributed by atoms with Crippen LogP contribution in [0.2, 0.25) is 5.02 Å². The Kier molecular flexibility index (Phi) is 6.16. The van der Waals surface area contributed by atoms with E-state index in [4.69, 9.17) is 16.3 Å². The number of ether oxygens (including phenoxy) is 1. The fourth-order valence-electron chi connectivity index (χ4n) is 2.27. The molecule has 3 aromatic rings. The minimum Gasteiger partial charge on any atom is -0.489 e. The highest BCUT2D eigenvalue weighted by atomic mass is 35.5. The number of rotatable bonds is 6. The Morgan fingerprint density at radius 3 is 2.57 bits per heavy atom. The van der Waals surface area contributed by atoms with Gasteiger partial charge in [0.1, 0.15) is 12.4 Å². The van der Waals surface area contributed by atoms with E-state index in [1.165, 1.54) is 6.21 Å². The van der Waals surface area contributed by atoms with Crippen LogP contribution in [0.1, 0.15) is 16.7 Å². The second-order valence-electron chi connectivity index (χ2n) is 5.77. The summed E-state index contributed by atoms with van der Waals surface area (Å²) in [7, 11) is 0. The zero-order chi connectivity index (χ0) is 20.0. The van der Waals surface area contributed by atoms with E-state index in [0.29, 0.717) is 18.6 Å². The number of hydrogen-bond acceptors (Lipinski definition) is 4. The molecule has 0 amide bonds. The van der Waals surface area contributed by atoms with Crippen molar-refractivity contribution in [2.24, 2.45) is 5.10 Å². The van der Waals surface area contributed by atoms with Gasteiger partial charge in [-0.05, 0) is 29.3 Å². The van der Waals surface area contributed by atoms with Crippen molar-refractivity contribution in [3.05, 3.63) is 88.6 Å². The molecule has 4 nitrogen and oxygen atoms in total. The van der Waals surface area contributed by atoms with Crippen LogP contribution in [0.15, 0.2) is 72.0 Å². The molecule has 1 aromatic heterocycles. The van der Waals surface area contributed by atoms with Crippen molar-refractivity contribution in [2.45, 2.75) is 12.8 Å². The molecule has 0 unspecified atom stereocenters. The Morgan fingerprint density at radius 1 is 1.07 bits per heavy atom. The van der Waals surface area contributed by atoms with Crippen molar-refractivity contribution in [1.82, 2.24) is 4.98 Å². The molecule has 0 radical (unpaired) electrons. The fourth-order valence-corrected chi connectivity index (χ4v) is 2.48. The Labute approximate surface area is 164 Å². The molecule has 0 saturated carbocycles. The number of nitrogens with one attached hydrogen (secondary N) is 1. The molecule has 2 aromatic carbocycles. The van der Waals surface area contributed by atoms with Crippen molar-refractivity contribution < 1.29 is 17.9 Å². The number of benzene rings is 2. The smallest absolute Gasteiger partial charge is 0.417 e. The van der Waals surface area contributed by atoms with Crippen LogP contribution in [0.25, 0.3) is 0 Å². The van der Waals surface area contributed by atoms with Crippen LogP contribution in [0.4, 0.5) is 19.0 Å². The third kappa shape index (κ3) is 5.47. The fraction of sp³-hybridized carbons (Fsp3) is 0.100. The SMILES string of the molecule is FC(F)(F)c1cnc(N/N=C/c2cccc(OCc3ccccc3)c2)c(Cl)c1. The highest BCUT2D eigenvalue weighted by Crippen LogP contribution is 2.32. The molecule has 8 heteroatoms. The molecule has 0 bridgehead atoms. The second-order valence-corrected chi connectivity index (χ2v) is 6.18. The number of alkyl halides is 3. The standard InChI is InChI=1S/C20H15ClF3N3O/c21-18-10-16(20(22,23)24)12-25-19(18)27-26-11-15-7-4-8-17(9-15)28-13-14-5-2-1-3-6-14/h1-12H,13H2,(H,25,27)/b26-11+. The molecule has 3 rings (SSSR count). The van der Waals surface area contributed by atoms with Crippen LogP contribution in [0.5, 0.6) is 5.75 Å². The summed E-state index contributed by atoms with van der Waals surface area (Å²) in [6.07, 6.45) is -2.31. The van der Waals surface area contributed by atoms with Gasteiger partial charge in [0.05, 0.1) is 16.8 Å². The number of pyridine rings is 1. The quantitative estimate of drug-likeness (QED) is 0.417. The highest BCUT2D eigenvalue weighted by molar-refractivity contribution is 6.32. The minimum absolute atomic E-state index is 0.0300. The van der Waals surface area contributed by atoms with Crippen LogP contribution < -0.4 is 10.2 Å². The topological polar surface area (TPSA) is 46.5 Å². The normalized spacial score (nSPS) is 11.6. The maximum atomic E-state index is 12.6. The van der Waals surface area contributed by atoms with Crippen molar-refractivity contribution in [3.63, 3.8) is 0 Å². The lowest BCUT2D eigenvalue weighted by molar-refractivity contribution is -0.137. The molecule has 0 fully saturated rings. The van der Waals surface area contributed by atoms with E-state index < -0.39 is 11.7 Å². The zero-order valence-corrected chi connectivity index (χ0v) is 15.2. The Bertz CT molecular complexity index is 962. The third-order valence-electron chi connectivity index (χ3n) is 3.66. The van der Waals surface area contributed by atoms with Crippen LogP contribution >= 0.6 is 11.6 Å². The average molecular weight is 406 g/mol. The summed E-state index contributed by atoms with van der Waals surface area (Å²) in [5.41, 5.74) is 3.40. The van der Waals surface area contributed by atoms with Gasteiger partial charge in [-0.15, -0.1) is 0 Å². The molecule has 144 valence electrons. The van der Waals surface area contributed by atoms with E-state index in [2.05, 4.69) is 15.5 Å². The molecule has 0 aliphatic carbocycles. The third-order valence-corrected chi connectivity index (χ3v) is 3.95. The maximum absolute atomic E-state index is 12.6. The Hall–Kier alpha value is -3.06. The highest BCUT2D eigenvalue weighted by Gasteiger charge is 2.31. The van der Waals surface area contributed by atoms with E-state index in [1.807, 2.05) is 48.5 Å². The summed E-state index contributed by atoms with van der Waals surface area (Å²) in [5, 5.41) is 3.79. The Morgan fingerprint density at radius 2 is 1.86 bits per heavy atom. The first-order chi connectivity index (χ1) is 13.4. The van der Waals surface area contributed by atoms with E-state index in [1.54, 1.807) is 6.07 Å². The lowest BCUT2D eigenvalue weighted by Crippen LogP contribution is -2.06. The molecule has 1 heterocycles. The molecular formula is C20H15ClF3N3O. The second kappa shape index (κ2) is 8.75. The summed E-state index contributed by atoms with van der Waals surface area (Å²) in [6, 6.07) is 17.8. The molecule has 0 spiro atoms. The van der Waals surface area contributed by atoms with Gasteiger partial charge < -0.3 is 4.74 Å². The van der Waals surface area contributed by atoms with Gasteiger partial charge in [-0.25, -0.2) is 4.98 Å². The van der Waals surface area contributed by atoms with Crippen molar-refractivity contribution in [3.8, 4) is 5.75 Å². The van der Waals surface area contributed by atoms with Crippen LogP contribution in [-0.2, 0) is 12.8 Å². The van der Waals surface area contributed by atoms with Gasteiger partial charge >= 0.3 is 6.18 Å². The van der Waals surface area contributed by atoms with Gasteiger partial charge in [-0.1, -0.05) is 54.1 Å². The van der Waals surface area contributed by atoms with Gasteiger partial charge in [0, 0.05) is 6.20 Å². The summed E-state index contributed by atoms with van der Waals surface area (Å²) in [6.45, 7) is 0.435. The largest absolute Gasteiger partial charge is 0.489 e. The van der Waals surface area contributed by atoms with Crippen molar-refractivity contribution >= 4 is 23.6 Å². The molecule has 28 heavy (non-hydrogen) atoms. The number of halogens is 4. The molecule has 1 N–H and O–H groups in total. The first-order valence-corrected chi connectivity index (χ1v) is 8.58. The molecule has 0 aliphatic rings. The van der Waals surface area contributed by atoms with Gasteiger partial charge in [0.25, 0.3) is 0 Å². The number of aromatic nitrogens is 1. The number of nitrogens with zero attached hydrogens (tertiary/aromatic N) is 2. The van der Waals surface area contributed by atoms with Gasteiger partial charge in [0.15, 0.2) is 5.82 Å². The predicted molar refractivity (Wildman–Crippen MR) is 103 cm³/mol. The van der Waals surface area contributed by atoms with Crippen LogP contribution in [-0.4, -0.2) is 11.2 Å². The van der Waals surface area contributed by atoms with E-state index >= 15 is 0 Å². The molecule has 0 saturated heterocycles. The monoisotopic (exact) mass is 405 g/mol. The van der Waals surface area contributed by atoms with Crippen molar-refractivity contribution in [2.75, 3.05) is 5.43 Å². The van der Waals surface area contributed by atoms with Crippen molar-refractivity contribution in [1.29, 1.82) is 0 Å². The zero-order valence-electron chi connectivity index (χ0n) is 14.4. The summed E-state index contributed by atoms with van der Waals surface area (Å²) in [4.78, 5) is 3.65. The van der Waals surface area contributed by atoms with Crippen LogP contribution in [0.3, 0.4) is 0 Å². The average Bonchev–Trinajstić information content (AvgIpc) is 2.68. The molecule has 0 atom stereocenters. The maximum Gasteiger partial charge on any atom is 0.417 e. The molecule has 0 aliphatic heterocycles. The minimum atomic E-state index is -4.50. The van der Waals surface area contributed by atoms with E-state index in [-0.39, 0.29) is 10.8 Å². The lowest BCUT2D eigenvalue weighted by atomic mass is 10.2. The first kappa shape index (κ1) is 19.7. The number of hydrogen-bond donors (Lipinski definition) is 1. The lowest BCUT2D eigenvalue weighted by Gasteiger charge is -2.08. The first-order valence-electron chi connectivity index (χ1n) is 8.20. The summed E-state index contributed by atoms with van der Waals surface area (Å²) < 4.78 is 43.6. The summed E-state index contributed by atoms with van der Waals surface area (Å²) >= 11 is 5.82. The Balaban J connectivity index is 1.62.